The summed E-state index contributed by atoms with van der Waals surface area (Å²) < 4.78 is 22.7. The number of carboxylic acids is 1. The molecule has 0 aromatic heterocycles. The minimum absolute atomic E-state index is 0.146. The highest BCUT2D eigenvalue weighted by atomic mass is 16.7. The number of carbonyl (C=O) groups is 3. The lowest BCUT2D eigenvalue weighted by molar-refractivity contribution is -0.870. The van der Waals surface area contributed by atoms with E-state index in [9.17, 15) is 19.5 Å². The molecule has 0 bridgehead atoms. The van der Waals surface area contributed by atoms with Gasteiger partial charge in [-0.15, -0.1) is 0 Å². The van der Waals surface area contributed by atoms with Crippen LogP contribution in [0.4, 0.5) is 0 Å². The summed E-state index contributed by atoms with van der Waals surface area (Å²) in [4.78, 5) is 37.3. The maximum absolute atomic E-state index is 12.9. The number of quaternary nitrogens is 1. The Kier molecular flexibility index (Phi) is 55.4. The molecule has 0 aliphatic carbocycles. The lowest BCUT2D eigenvalue weighted by atomic mass is 10.0. The fourth-order valence-electron chi connectivity index (χ4n) is 8.85. The molecule has 440 valence electrons. The number of likely N-dealkylation sites (N-methyl/N-ethyl adjacent to an activating group) is 1. The van der Waals surface area contributed by atoms with E-state index >= 15 is 0 Å². The van der Waals surface area contributed by atoms with Gasteiger partial charge in [-0.05, 0) is 83.5 Å². The van der Waals surface area contributed by atoms with Gasteiger partial charge in [-0.2, -0.15) is 0 Å². The predicted molar refractivity (Wildman–Crippen MR) is 320 cm³/mol. The fraction of sp³-hybridized carbons (Fsp3) is 0.776. The number of carboxylic acid groups (broad SMARTS) is 1. The van der Waals surface area contributed by atoms with Crippen molar-refractivity contribution in [2.24, 2.45) is 0 Å². The van der Waals surface area contributed by atoms with Crippen LogP contribution in [0.2, 0.25) is 0 Å². The maximum atomic E-state index is 12.9. The Morgan fingerprint density at radius 2 is 0.750 bits per heavy atom. The molecular weight excluding hydrogens is 947 g/mol. The second kappa shape index (κ2) is 57.9. The van der Waals surface area contributed by atoms with Crippen LogP contribution in [0.5, 0.6) is 0 Å². The highest BCUT2D eigenvalue weighted by Gasteiger charge is 2.22. The third-order valence-corrected chi connectivity index (χ3v) is 13.7. The molecule has 9 nitrogen and oxygen atoms in total. The molecule has 0 saturated carbocycles. The lowest BCUT2D eigenvalue weighted by Crippen LogP contribution is -2.44. The molecule has 0 aliphatic heterocycles. The fourth-order valence-corrected chi connectivity index (χ4v) is 8.85. The average molecular weight is 1070 g/mol. The highest BCUT2D eigenvalue weighted by Crippen LogP contribution is 2.17. The first-order valence-electron chi connectivity index (χ1n) is 31.6. The van der Waals surface area contributed by atoms with Crippen LogP contribution in [-0.4, -0.2) is 82.3 Å². The van der Waals surface area contributed by atoms with E-state index in [-0.39, 0.29) is 38.6 Å². The van der Waals surface area contributed by atoms with Crippen molar-refractivity contribution in [1.29, 1.82) is 0 Å². The van der Waals surface area contributed by atoms with Gasteiger partial charge in [0.25, 0.3) is 0 Å². The summed E-state index contributed by atoms with van der Waals surface area (Å²) in [5.41, 5.74) is 0. The molecule has 76 heavy (non-hydrogen) atoms. The normalized spacial score (nSPS) is 13.2. The van der Waals surface area contributed by atoms with Crippen LogP contribution in [0.3, 0.4) is 0 Å². The maximum Gasteiger partial charge on any atom is 0.306 e. The SMILES string of the molecule is CC/C=C\C/C=C\C/C=C\C/C=C\CCCCCCCCCCCCCCCCCCCCCCC(=O)OC(COC(=O)CCCCCCCCC/C=C\C/C=C\CCCCCC)COC(OCC[N+](C)(C)C)C(=O)[O-]. The summed E-state index contributed by atoms with van der Waals surface area (Å²) in [6.45, 7) is 4.64. The first-order chi connectivity index (χ1) is 37.1. The van der Waals surface area contributed by atoms with E-state index in [1.807, 2.05) is 21.1 Å². The van der Waals surface area contributed by atoms with Crippen molar-refractivity contribution in [1.82, 2.24) is 0 Å². The summed E-state index contributed by atoms with van der Waals surface area (Å²) >= 11 is 0. The Morgan fingerprint density at radius 1 is 0.408 bits per heavy atom. The number of esters is 2. The molecule has 0 saturated heterocycles. The molecule has 9 heteroatoms. The number of unbranched alkanes of at least 4 members (excludes halogenated alkanes) is 31. The minimum atomic E-state index is -1.62. The van der Waals surface area contributed by atoms with Crippen molar-refractivity contribution in [2.75, 3.05) is 47.5 Å². The van der Waals surface area contributed by atoms with Gasteiger partial charge in [0.2, 0.25) is 0 Å². The van der Waals surface area contributed by atoms with Gasteiger partial charge in [-0.25, -0.2) is 0 Å². The summed E-state index contributed by atoms with van der Waals surface area (Å²) in [6, 6.07) is 0. The van der Waals surface area contributed by atoms with E-state index in [1.165, 1.54) is 167 Å². The van der Waals surface area contributed by atoms with Gasteiger partial charge in [-0.1, -0.05) is 254 Å². The number of hydrogen-bond donors (Lipinski definition) is 0. The van der Waals surface area contributed by atoms with Crippen LogP contribution in [0.25, 0.3) is 0 Å². The van der Waals surface area contributed by atoms with E-state index in [0.717, 1.165) is 77.0 Å². The molecule has 0 N–H and O–H groups in total. The Balaban J connectivity index is 4.10. The van der Waals surface area contributed by atoms with Crippen LogP contribution in [0.15, 0.2) is 72.9 Å². The van der Waals surface area contributed by atoms with E-state index < -0.39 is 24.3 Å². The zero-order chi connectivity index (χ0) is 55.5. The number of nitrogens with zero attached hydrogens (tertiary/aromatic N) is 1. The zero-order valence-electron chi connectivity index (χ0n) is 50.1. The quantitative estimate of drug-likeness (QED) is 0.0195. The first kappa shape index (κ1) is 72.7. The Hall–Kier alpha value is -3.27. The minimum Gasteiger partial charge on any atom is -0.545 e. The van der Waals surface area contributed by atoms with Crippen molar-refractivity contribution < 1.29 is 42.9 Å². The summed E-state index contributed by atoms with van der Waals surface area (Å²) in [6.07, 6.45) is 72.5. The van der Waals surface area contributed by atoms with Gasteiger partial charge in [0, 0.05) is 12.8 Å². The average Bonchev–Trinajstić information content (AvgIpc) is 3.39. The van der Waals surface area contributed by atoms with Crippen LogP contribution in [-0.2, 0) is 33.3 Å². The molecule has 0 amide bonds. The summed E-state index contributed by atoms with van der Waals surface area (Å²) in [5.74, 6) is -2.28. The Bertz CT molecular complexity index is 1470. The Labute approximate surface area is 468 Å². The highest BCUT2D eigenvalue weighted by molar-refractivity contribution is 5.70. The van der Waals surface area contributed by atoms with E-state index in [2.05, 4.69) is 86.8 Å². The second-order valence-electron chi connectivity index (χ2n) is 22.3. The van der Waals surface area contributed by atoms with E-state index in [1.54, 1.807) is 0 Å². The summed E-state index contributed by atoms with van der Waals surface area (Å²) in [5, 5.41) is 11.8. The van der Waals surface area contributed by atoms with Crippen LogP contribution >= 0.6 is 0 Å². The van der Waals surface area contributed by atoms with Crippen molar-refractivity contribution in [2.45, 2.75) is 289 Å². The standard InChI is InChI=1S/C67H119NO8/c1-6-8-10-12-14-16-18-20-22-24-26-27-28-29-30-31-32-33-34-35-36-37-38-39-40-42-44-46-48-50-52-54-56-58-65(70)76-63(62-75-67(66(71)72)73-60-59-68(3,4)5)61-74-64(69)57-55-53-51-49-47-45-43-41-25-23-21-19-17-15-13-11-9-7-2/h8,10,14,16-17,19-20,22-23,25-27,63,67H,6-7,9,11-13,15,18,21,24,28-62H2,1-5H3/b10-8-,16-14-,19-17-,22-20-,25-23-,27-26-. The van der Waals surface area contributed by atoms with Gasteiger partial charge in [0.05, 0.1) is 40.3 Å². The molecule has 0 aromatic rings. The second-order valence-corrected chi connectivity index (χ2v) is 22.3. The molecule has 0 aromatic carbocycles. The van der Waals surface area contributed by atoms with Crippen LogP contribution in [0.1, 0.15) is 277 Å². The number of carbonyl (C=O) groups excluding carboxylic acids is 3. The molecule has 0 aliphatic rings. The molecular formula is C67H119NO8. The van der Waals surface area contributed by atoms with E-state index in [4.69, 9.17) is 18.9 Å². The first-order valence-corrected chi connectivity index (χ1v) is 31.6. The van der Waals surface area contributed by atoms with Gasteiger partial charge < -0.3 is 33.3 Å². The van der Waals surface area contributed by atoms with Crippen molar-refractivity contribution >= 4 is 17.9 Å². The van der Waals surface area contributed by atoms with Gasteiger partial charge in [-0.3, -0.25) is 9.59 Å². The van der Waals surface area contributed by atoms with Gasteiger partial charge in [0.1, 0.15) is 13.2 Å². The van der Waals surface area contributed by atoms with Crippen molar-refractivity contribution in [3.8, 4) is 0 Å². The third-order valence-electron chi connectivity index (χ3n) is 13.7. The predicted octanol–water partition coefficient (Wildman–Crippen LogP) is 17.6. The number of aliphatic carboxylic acids is 1. The lowest BCUT2D eigenvalue weighted by Gasteiger charge is -2.26. The smallest absolute Gasteiger partial charge is 0.306 e. The third kappa shape index (κ3) is 58.4. The molecule has 0 radical (unpaired) electrons. The topological polar surface area (TPSA) is 111 Å². The number of hydrogen-bond acceptors (Lipinski definition) is 8. The van der Waals surface area contributed by atoms with Crippen molar-refractivity contribution in [3.63, 3.8) is 0 Å². The van der Waals surface area contributed by atoms with Crippen molar-refractivity contribution in [3.05, 3.63) is 72.9 Å². The number of ether oxygens (including phenoxy) is 4. The molecule has 0 fully saturated rings. The van der Waals surface area contributed by atoms with E-state index in [0.29, 0.717) is 17.4 Å². The molecule has 0 heterocycles. The molecule has 0 spiro atoms. The monoisotopic (exact) mass is 1070 g/mol. The van der Waals surface area contributed by atoms with Gasteiger partial charge >= 0.3 is 11.9 Å². The van der Waals surface area contributed by atoms with Gasteiger partial charge in [0.15, 0.2) is 12.4 Å². The van der Waals surface area contributed by atoms with Crippen LogP contribution < -0.4 is 5.11 Å². The number of allylic oxidation sites excluding steroid dienone is 12. The Morgan fingerprint density at radius 3 is 1.12 bits per heavy atom. The number of rotatable bonds is 58. The van der Waals surface area contributed by atoms with Crippen LogP contribution in [0, 0.1) is 0 Å². The largest absolute Gasteiger partial charge is 0.545 e. The molecule has 2 unspecified atom stereocenters. The summed E-state index contributed by atoms with van der Waals surface area (Å²) in [7, 11) is 5.93. The zero-order valence-corrected chi connectivity index (χ0v) is 50.1. The molecule has 0 rings (SSSR count). The molecule has 2 atom stereocenters.